The van der Waals surface area contributed by atoms with E-state index < -0.39 is 11.9 Å². The Kier molecular flexibility index (Phi) is 8.45. The molecule has 10 heteroatoms. The fourth-order valence-corrected chi connectivity index (χ4v) is 3.69. The fourth-order valence-electron chi connectivity index (χ4n) is 3.43. The summed E-state index contributed by atoms with van der Waals surface area (Å²) in [6, 6.07) is 15.9. The number of hydrogen-bond acceptors (Lipinski definition) is 5. The number of amides is 1. The lowest BCUT2D eigenvalue weighted by Gasteiger charge is -2.34. The van der Waals surface area contributed by atoms with E-state index in [9.17, 15) is 4.79 Å². The molecule has 4 rings (SSSR count). The smallest absolute Gasteiger partial charge is 0.414 e. The molecular formula is C23H24BrN3O6. The molecule has 2 heterocycles. The van der Waals surface area contributed by atoms with Gasteiger partial charge in [0.2, 0.25) is 0 Å². The van der Waals surface area contributed by atoms with Gasteiger partial charge in [-0.1, -0.05) is 34.1 Å². The van der Waals surface area contributed by atoms with E-state index in [0.717, 1.165) is 37.2 Å². The van der Waals surface area contributed by atoms with Crippen LogP contribution in [0.5, 0.6) is 5.75 Å². The third kappa shape index (κ3) is 7.06. The molecule has 0 aliphatic carbocycles. The Labute approximate surface area is 198 Å². The van der Waals surface area contributed by atoms with E-state index in [1.807, 2.05) is 35.2 Å². The van der Waals surface area contributed by atoms with Crippen molar-refractivity contribution in [3.8, 4) is 5.75 Å². The number of carbonyl (C=O) groups is 3. The monoisotopic (exact) mass is 517 g/mol. The summed E-state index contributed by atoms with van der Waals surface area (Å²) in [6.07, 6.45) is 2.09. The average Bonchev–Trinajstić information content (AvgIpc) is 3.22. The normalized spacial score (nSPS) is 13.8. The van der Waals surface area contributed by atoms with E-state index in [1.54, 1.807) is 0 Å². The first kappa shape index (κ1) is 24.3. The van der Waals surface area contributed by atoms with Crippen LogP contribution < -0.4 is 4.74 Å². The first-order valence-electron chi connectivity index (χ1n) is 10.2. The van der Waals surface area contributed by atoms with E-state index in [1.165, 1.54) is 16.5 Å². The second-order valence-corrected chi connectivity index (χ2v) is 8.29. The van der Waals surface area contributed by atoms with Gasteiger partial charge in [-0.2, -0.15) is 0 Å². The number of carbonyl (C=O) groups excluding carboxylic acids is 1. The molecule has 0 radical (unpaired) electrons. The molecule has 0 atom stereocenters. The van der Waals surface area contributed by atoms with Crippen LogP contribution in [0.4, 0.5) is 0 Å². The van der Waals surface area contributed by atoms with Gasteiger partial charge >= 0.3 is 11.9 Å². The number of aliphatic carboxylic acids is 2. The fraction of sp³-hybridized carbons (Fsp3) is 0.261. The maximum atomic E-state index is 12.4. The van der Waals surface area contributed by atoms with Gasteiger partial charge in [0, 0.05) is 54.3 Å². The quantitative estimate of drug-likeness (QED) is 0.444. The number of aromatic amines is 1. The first-order chi connectivity index (χ1) is 15.8. The summed E-state index contributed by atoms with van der Waals surface area (Å²) >= 11 is 3.39. The minimum absolute atomic E-state index is 0.0460. The van der Waals surface area contributed by atoms with Gasteiger partial charge in [0.15, 0.2) is 6.61 Å². The number of nitrogens with one attached hydrogen (secondary N) is 1. The van der Waals surface area contributed by atoms with Gasteiger partial charge in [0.1, 0.15) is 5.75 Å². The molecular weight excluding hydrogens is 494 g/mol. The topological polar surface area (TPSA) is 123 Å². The summed E-state index contributed by atoms with van der Waals surface area (Å²) in [5, 5.41) is 16.1. The maximum absolute atomic E-state index is 12.4. The molecule has 1 saturated heterocycles. The number of halogens is 1. The van der Waals surface area contributed by atoms with Crippen molar-refractivity contribution in [2.75, 3.05) is 32.8 Å². The molecule has 0 bridgehead atoms. The summed E-state index contributed by atoms with van der Waals surface area (Å²) < 4.78 is 6.60. The van der Waals surface area contributed by atoms with E-state index in [2.05, 4.69) is 50.2 Å². The highest BCUT2D eigenvalue weighted by Gasteiger charge is 2.22. The Morgan fingerprint density at radius 3 is 2.21 bits per heavy atom. The number of piperazine rings is 1. The molecule has 33 heavy (non-hydrogen) atoms. The van der Waals surface area contributed by atoms with Gasteiger partial charge in [0.25, 0.3) is 5.91 Å². The van der Waals surface area contributed by atoms with Crippen molar-refractivity contribution in [3.63, 3.8) is 0 Å². The van der Waals surface area contributed by atoms with Gasteiger partial charge < -0.3 is 24.8 Å². The number of para-hydroxylation sites is 1. The Hall–Kier alpha value is -3.37. The van der Waals surface area contributed by atoms with Crippen LogP contribution in [0, 0.1) is 0 Å². The van der Waals surface area contributed by atoms with Gasteiger partial charge in [-0.15, -0.1) is 0 Å². The number of fused-ring (bicyclic) bond motifs is 1. The largest absolute Gasteiger partial charge is 0.484 e. The van der Waals surface area contributed by atoms with Crippen LogP contribution in [0.3, 0.4) is 0 Å². The summed E-state index contributed by atoms with van der Waals surface area (Å²) in [4.78, 5) is 38.2. The van der Waals surface area contributed by atoms with Gasteiger partial charge in [0.05, 0.1) is 0 Å². The summed E-state index contributed by atoms with van der Waals surface area (Å²) in [5.74, 6) is -2.89. The standard InChI is InChI=1S/C21H22BrN3O2.C2H2O4/c22-17-5-7-18(8-6-17)27-15-21(26)25-11-9-24(10-12-25)14-16-13-23-20-4-2-1-3-19(16)20;3-1(4)2(5)6/h1-8,13,23H,9-12,14-15H2;(H,3,4)(H,5,6). The van der Waals surface area contributed by atoms with E-state index in [-0.39, 0.29) is 12.5 Å². The van der Waals surface area contributed by atoms with Crippen LogP contribution in [0.1, 0.15) is 5.56 Å². The lowest BCUT2D eigenvalue weighted by atomic mass is 10.1. The molecule has 3 N–H and O–H groups in total. The molecule has 1 fully saturated rings. The number of carboxylic acids is 2. The molecule has 3 aromatic rings. The van der Waals surface area contributed by atoms with Crippen LogP contribution >= 0.6 is 15.9 Å². The molecule has 9 nitrogen and oxygen atoms in total. The molecule has 1 aliphatic rings. The number of carboxylic acid groups (broad SMARTS) is 2. The van der Waals surface area contributed by atoms with Crippen LogP contribution in [0.25, 0.3) is 10.9 Å². The van der Waals surface area contributed by atoms with Crippen molar-refractivity contribution in [1.82, 2.24) is 14.8 Å². The minimum atomic E-state index is -1.82. The Bertz CT molecular complexity index is 1090. The van der Waals surface area contributed by atoms with E-state index in [4.69, 9.17) is 24.5 Å². The summed E-state index contributed by atoms with van der Waals surface area (Å²) in [7, 11) is 0. The average molecular weight is 518 g/mol. The number of benzene rings is 2. The van der Waals surface area contributed by atoms with Crippen LogP contribution in [0.2, 0.25) is 0 Å². The molecule has 1 amide bonds. The van der Waals surface area contributed by atoms with Crippen molar-refractivity contribution >= 4 is 44.7 Å². The highest BCUT2D eigenvalue weighted by molar-refractivity contribution is 9.10. The molecule has 1 aliphatic heterocycles. The SMILES string of the molecule is O=C(COc1ccc(Br)cc1)N1CCN(Cc2c[nH]c3ccccc23)CC1.O=C(O)C(=O)O. The van der Waals surface area contributed by atoms with Crippen LogP contribution in [-0.2, 0) is 20.9 Å². The number of hydrogen-bond donors (Lipinski definition) is 3. The third-order valence-corrected chi connectivity index (χ3v) is 5.68. The van der Waals surface area contributed by atoms with Crippen LogP contribution in [0.15, 0.2) is 59.2 Å². The number of rotatable bonds is 5. The third-order valence-electron chi connectivity index (χ3n) is 5.15. The van der Waals surface area contributed by atoms with Crippen molar-refractivity contribution in [2.45, 2.75) is 6.54 Å². The molecule has 0 unspecified atom stereocenters. The molecule has 2 aromatic carbocycles. The predicted octanol–water partition coefficient (Wildman–Crippen LogP) is 2.81. The van der Waals surface area contributed by atoms with Crippen LogP contribution in [-0.4, -0.2) is 75.6 Å². The minimum Gasteiger partial charge on any atom is -0.484 e. The van der Waals surface area contributed by atoms with Gasteiger partial charge in [-0.3, -0.25) is 9.69 Å². The Morgan fingerprint density at radius 1 is 0.939 bits per heavy atom. The van der Waals surface area contributed by atoms with Crippen molar-refractivity contribution in [2.24, 2.45) is 0 Å². The maximum Gasteiger partial charge on any atom is 0.414 e. The number of ether oxygens (including phenoxy) is 1. The second-order valence-electron chi connectivity index (χ2n) is 7.37. The Balaban J connectivity index is 0.000000454. The lowest BCUT2D eigenvalue weighted by molar-refractivity contribution is -0.159. The molecule has 1 aromatic heterocycles. The Morgan fingerprint density at radius 2 is 1.58 bits per heavy atom. The number of nitrogens with zero attached hydrogens (tertiary/aromatic N) is 2. The summed E-state index contributed by atoms with van der Waals surface area (Å²) in [5.41, 5.74) is 2.48. The molecule has 174 valence electrons. The summed E-state index contributed by atoms with van der Waals surface area (Å²) in [6.45, 7) is 4.23. The molecule has 0 saturated carbocycles. The zero-order valence-electron chi connectivity index (χ0n) is 17.7. The first-order valence-corrected chi connectivity index (χ1v) is 11.0. The number of aromatic nitrogens is 1. The zero-order chi connectivity index (χ0) is 23.8. The highest BCUT2D eigenvalue weighted by Crippen LogP contribution is 2.20. The van der Waals surface area contributed by atoms with Crippen molar-refractivity contribution in [3.05, 3.63) is 64.8 Å². The second kappa shape index (κ2) is 11.5. The van der Waals surface area contributed by atoms with Gasteiger partial charge in [-0.05, 0) is 35.9 Å². The highest BCUT2D eigenvalue weighted by atomic mass is 79.9. The van der Waals surface area contributed by atoms with E-state index in [0.29, 0.717) is 5.75 Å². The van der Waals surface area contributed by atoms with Gasteiger partial charge in [-0.25, -0.2) is 9.59 Å². The predicted molar refractivity (Wildman–Crippen MR) is 125 cm³/mol. The number of H-pyrrole nitrogens is 1. The zero-order valence-corrected chi connectivity index (χ0v) is 19.3. The van der Waals surface area contributed by atoms with E-state index >= 15 is 0 Å². The van der Waals surface area contributed by atoms with Crippen molar-refractivity contribution < 1.29 is 29.3 Å². The molecule has 0 spiro atoms. The van der Waals surface area contributed by atoms with Crippen molar-refractivity contribution in [1.29, 1.82) is 0 Å². The lowest BCUT2D eigenvalue weighted by Crippen LogP contribution is -2.49.